The highest BCUT2D eigenvalue weighted by Crippen LogP contribution is 2.26. The van der Waals surface area contributed by atoms with Crippen LogP contribution in [-0.4, -0.2) is 50.2 Å². The second-order valence-electron chi connectivity index (χ2n) is 4.30. The second-order valence-corrected chi connectivity index (χ2v) is 6.61. The molecule has 0 aliphatic carbocycles. The lowest BCUT2D eigenvalue weighted by Gasteiger charge is -2.31. The smallest absolute Gasteiger partial charge is 0.244 e. The number of aliphatic hydroxyl groups is 1. The molecule has 0 bridgehead atoms. The van der Waals surface area contributed by atoms with Gasteiger partial charge in [0.25, 0.3) is 0 Å². The lowest BCUT2D eigenvalue weighted by Crippen LogP contribution is -2.46. The van der Waals surface area contributed by atoms with E-state index in [9.17, 15) is 8.42 Å². The van der Waals surface area contributed by atoms with Gasteiger partial charge in [0, 0.05) is 13.1 Å². The van der Waals surface area contributed by atoms with Crippen molar-refractivity contribution in [2.24, 2.45) is 0 Å². The predicted octanol–water partition coefficient (Wildman–Crippen LogP) is 0.593. The molecule has 1 aliphatic heterocycles. The molecule has 1 aromatic carbocycles. The minimum absolute atomic E-state index is 0.0103. The van der Waals surface area contributed by atoms with Gasteiger partial charge in [-0.05, 0) is 18.2 Å². The number of rotatable bonds is 3. The number of aliphatic hydroxyl groups excluding tert-OH is 1. The van der Waals surface area contributed by atoms with Gasteiger partial charge in [-0.1, -0.05) is 11.6 Å². The Morgan fingerprint density at radius 3 is 2.90 bits per heavy atom. The van der Waals surface area contributed by atoms with E-state index in [1.165, 1.54) is 22.5 Å². The monoisotopic (exact) mass is 316 g/mol. The zero-order chi connectivity index (χ0) is 14.8. The number of sulfonamides is 1. The third-order valence-electron chi connectivity index (χ3n) is 2.98. The quantitative estimate of drug-likeness (QED) is 0.881. The van der Waals surface area contributed by atoms with Crippen LogP contribution < -0.4 is 0 Å². The van der Waals surface area contributed by atoms with Gasteiger partial charge in [-0.15, -0.1) is 0 Å². The highest BCUT2D eigenvalue weighted by Gasteiger charge is 2.31. The van der Waals surface area contributed by atoms with E-state index in [2.05, 4.69) is 0 Å². The van der Waals surface area contributed by atoms with Crippen molar-refractivity contribution in [2.75, 3.05) is 26.3 Å². The number of hydrogen-bond donors (Lipinski definition) is 1. The van der Waals surface area contributed by atoms with E-state index >= 15 is 0 Å². The second kappa shape index (κ2) is 6.08. The Morgan fingerprint density at radius 2 is 2.30 bits per heavy atom. The summed E-state index contributed by atoms with van der Waals surface area (Å²) in [4.78, 5) is -0.0447. The molecule has 0 saturated carbocycles. The van der Waals surface area contributed by atoms with Crippen molar-refractivity contribution < 1.29 is 18.3 Å². The van der Waals surface area contributed by atoms with Crippen LogP contribution >= 0.6 is 11.6 Å². The maximum Gasteiger partial charge on any atom is 0.244 e. The average molecular weight is 317 g/mol. The summed E-state index contributed by atoms with van der Waals surface area (Å²) in [6, 6.07) is 5.94. The summed E-state index contributed by atoms with van der Waals surface area (Å²) in [5.74, 6) is 0. The van der Waals surface area contributed by atoms with Crippen LogP contribution in [0.4, 0.5) is 0 Å². The van der Waals surface area contributed by atoms with Crippen molar-refractivity contribution in [1.29, 1.82) is 5.26 Å². The van der Waals surface area contributed by atoms with Gasteiger partial charge in [-0.2, -0.15) is 9.57 Å². The average Bonchev–Trinajstić information content (AvgIpc) is 2.46. The molecule has 8 heteroatoms. The van der Waals surface area contributed by atoms with E-state index in [0.717, 1.165) is 0 Å². The highest BCUT2D eigenvalue weighted by atomic mass is 35.5. The Balaban J connectivity index is 2.33. The molecule has 108 valence electrons. The van der Waals surface area contributed by atoms with E-state index in [0.29, 0.717) is 5.56 Å². The van der Waals surface area contributed by atoms with Crippen LogP contribution in [0.5, 0.6) is 0 Å². The summed E-state index contributed by atoms with van der Waals surface area (Å²) >= 11 is 5.94. The molecule has 0 radical (unpaired) electrons. The fourth-order valence-electron chi connectivity index (χ4n) is 1.94. The molecule has 1 aromatic rings. The number of nitrogens with zero attached hydrogens (tertiary/aromatic N) is 2. The third kappa shape index (κ3) is 2.95. The van der Waals surface area contributed by atoms with Crippen LogP contribution in [0.15, 0.2) is 23.1 Å². The van der Waals surface area contributed by atoms with Crippen LogP contribution in [-0.2, 0) is 14.8 Å². The van der Waals surface area contributed by atoms with Gasteiger partial charge >= 0.3 is 0 Å². The Labute approximate surface area is 122 Å². The first-order chi connectivity index (χ1) is 9.48. The molecule has 0 spiro atoms. The highest BCUT2D eigenvalue weighted by molar-refractivity contribution is 7.89. The Morgan fingerprint density at radius 1 is 1.55 bits per heavy atom. The number of halogens is 1. The first kappa shape index (κ1) is 15.2. The summed E-state index contributed by atoms with van der Waals surface area (Å²) in [5.41, 5.74) is 0.296. The molecule has 1 heterocycles. The number of morpholine rings is 1. The molecule has 1 atom stereocenters. The van der Waals surface area contributed by atoms with Gasteiger partial charge in [0.2, 0.25) is 10.0 Å². The maximum atomic E-state index is 12.5. The van der Waals surface area contributed by atoms with Gasteiger partial charge in [-0.25, -0.2) is 8.42 Å². The van der Waals surface area contributed by atoms with Gasteiger partial charge in [0.1, 0.15) is 4.90 Å². The summed E-state index contributed by atoms with van der Waals surface area (Å²) in [6.07, 6.45) is -0.532. The van der Waals surface area contributed by atoms with Crippen LogP contribution in [0, 0.1) is 11.3 Å². The largest absolute Gasteiger partial charge is 0.394 e. The minimum atomic E-state index is -3.76. The molecule has 0 amide bonds. The van der Waals surface area contributed by atoms with Gasteiger partial charge < -0.3 is 9.84 Å². The standard InChI is InChI=1S/C12H13ClN2O4S/c13-11-5-9(6-14)1-2-12(11)20(17,18)15-3-4-19-10(7-15)8-16/h1-2,5,10,16H,3-4,7-8H2. The molecular weight excluding hydrogens is 304 g/mol. The van der Waals surface area contributed by atoms with Crippen molar-refractivity contribution in [3.63, 3.8) is 0 Å². The summed E-state index contributed by atoms with van der Waals surface area (Å²) in [6.45, 7) is 0.260. The van der Waals surface area contributed by atoms with E-state index < -0.39 is 16.1 Å². The third-order valence-corrected chi connectivity index (χ3v) is 5.33. The van der Waals surface area contributed by atoms with E-state index in [1.54, 1.807) is 0 Å². The van der Waals surface area contributed by atoms with Crippen LogP contribution in [0.25, 0.3) is 0 Å². The van der Waals surface area contributed by atoms with Gasteiger partial charge in [0.05, 0.1) is 36.0 Å². The molecule has 2 rings (SSSR count). The van der Waals surface area contributed by atoms with Crippen LogP contribution in [0.1, 0.15) is 5.56 Å². The molecule has 20 heavy (non-hydrogen) atoms. The van der Waals surface area contributed by atoms with Gasteiger partial charge in [-0.3, -0.25) is 0 Å². The molecule has 1 aliphatic rings. The van der Waals surface area contributed by atoms with Crippen molar-refractivity contribution in [3.05, 3.63) is 28.8 Å². The van der Waals surface area contributed by atoms with Crippen LogP contribution in [0.2, 0.25) is 5.02 Å². The summed E-state index contributed by atoms with van der Waals surface area (Å²) in [5, 5.41) is 17.8. The topological polar surface area (TPSA) is 90.6 Å². The Bertz CT molecular complexity index is 641. The Hall–Kier alpha value is -1.17. The molecule has 1 saturated heterocycles. The lowest BCUT2D eigenvalue weighted by molar-refractivity contribution is -0.0304. The summed E-state index contributed by atoms with van der Waals surface area (Å²) < 4.78 is 31.4. The maximum absolute atomic E-state index is 12.5. The molecule has 1 unspecified atom stereocenters. The number of ether oxygens (including phenoxy) is 1. The zero-order valence-electron chi connectivity index (χ0n) is 10.5. The molecular formula is C12H13ClN2O4S. The zero-order valence-corrected chi connectivity index (χ0v) is 12.1. The Kier molecular flexibility index (Phi) is 4.62. The first-order valence-electron chi connectivity index (χ1n) is 5.91. The SMILES string of the molecule is N#Cc1ccc(S(=O)(=O)N2CCOC(CO)C2)c(Cl)c1. The molecule has 1 N–H and O–H groups in total. The molecule has 0 aromatic heterocycles. The normalized spacial score (nSPS) is 20.6. The van der Waals surface area contributed by atoms with Crippen LogP contribution in [0.3, 0.4) is 0 Å². The fourth-order valence-corrected chi connectivity index (χ4v) is 3.91. The van der Waals surface area contributed by atoms with Gasteiger partial charge in [0.15, 0.2) is 0 Å². The minimum Gasteiger partial charge on any atom is -0.394 e. The lowest BCUT2D eigenvalue weighted by atomic mass is 10.2. The van der Waals surface area contributed by atoms with Crippen molar-refractivity contribution in [1.82, 2.24) is 4.31 Å². The number of nitriles is 1. The number of hydrogen-bond acceptors (Lipinski definition) is 5. The summed E-state index contributed by atoms with van der Waals surface area (Å²) in [7, 11) is -3.76. The van der Waals surface area contributed by atoms with E-state index in [-0.39, 0.29) is 36.2 Å². The molecule has 1 fully saturated rings. The van der Waals surface area contributed by atoms with E-state index in [4.69, 9.17) is 26.7 Å². The predicted molar refractivity (Wildman–Crippen MR) is 71.8 cm³/mol. The van der Waals surface area contributed by atoms with E-state index in [1.807, 2.05) is 6.07 Å². The van der Waals surface area contributed by atoms with Crippen molar-refractivity contribution in [3.8, 4) is 6.07 Å². The van der Waals surface area contributed by atoms with Crippen molar-refractivity contribution >= 4 is 21.6 Å². The first-order valence-corrected chi connectivity index (χ1v) is 7.73. The number of benzene rings is 1. The van der Waals surface area contributed by atoms with Crippen molar-refractivity contribution in [2.45, 2.75) is 11.0 Å². The fraction of sp³-hybridized carbons (Fsp3) is 0.417. The molecule has 6 nitrogen and oxygen atoms in total.